The molecule has 0 aliphatic carbocycles. The van der Waals surface area contributed by atoms with Crippen molar-refractivity contribution in [3.63, 3.8) is 0 Å². The van der Waals surface area contributed by atoms with Crippen molar-refractivity contribution in [2.24, 2.45) is 16.8 Å². The van der Waals surface area contributed by atoms with E-state index in [4.69, 9.17) is 4.99 Å². The molecule has 0 radical (unpaired) electrons. The van der Waals surface area contributed by atoms with E-state index in [1.807, 2.05) is 30.6 Å². The highest BCUT2D eigenvalue weighted by Gasteiger charge is 2.23. The van der Waals surface area contributed by atoms with Gasteiger partial charge in [-0.25, -0.2) is 14.7 Å². The van der Waals surface area contributed by atoms with E-state index >= 15 is 0 Å². The summed E-state index contributed by atoms with van der Waals surface area (Å²) in [5.74, 6) is 3.25. The minimum Gasteiger partial charge on any atom is -0.357 e. The van der Waals surface area contributed by atoms with Gasteiger partial charge in [0.25, 0.3) is 0 Å². The molecule has 2 unspecified atom stereocenters. The quantitative estimate of drug-likeness (QED) is 0.425. The largest absolute Gasteiger partial charge is 0.357 e. The smallest absolute Gasteiger partial charge is 0.194 e. The highest BCUT2D eigenvalue weighted by atomic mass is 127. The highest BCUT2D eigenvalue weighted by molar-refractivity contribution is 14.0. The topological polar surface area (TPSA) is 58.3 Å². The second-order valence-corrected chi connectivity index (χ2v) is 6.99. The fourth-order valence-corrected chi connectivity index (χ4v) is 3.52. The Morgan fingerprint density at radius 3 is 2.69 bits per heavy atom. The van der Waals surface area contributed by atoms with E-state index < -0.39 is 0 Å². The van der Waals surface area contributed by atoms with Crippen LogP contribution in [0.3, 0.4) is 0 Å². The van der Waals surface area contributed by atoms with Crippen LogP contribution in [-0.4, -0.2) is 45.3 Å². The van der Waals surface area contributed by atoms with Gasteiger partial charge < -0.3 is 10.2 Å². The average Bonchev–Trinajstić information content (AvgIpc) is 3.12. The van der Waals surface area contributed by atoms with Crippen molar-refractivity contribution >= 4 is 29.9 Å². The SMILES string of the molecule is CCNC(=NCc1ccnc(-n2cccn2)c1)N1CC(C)CC(C)C1.I. The molecule has 1 aliphatic rings. The lowest BCUT2D eigenvalue weighted by molar-refractivity contribution is 0.208. The Labute approximate surface area is 173 Å². The van der Waals surface area contributed by atoms with Crippen molar-refractivity contribution in [1.29, 1.82) is 0 Å². The molecule has 0 spiro atoms. The average molecular weight is 468 g/mol. The summed E-state index contributed by atoms with van der Waals surface area (Å²) in [5.41, 5.74) is 1.13. The minimum atomic E-state index is 0. The number of halogens is 1. The Balaban J connectivity index is 0.00000243. The lowest BCUT2D eigenvalue weighted by Crippen LogP contribution is -2.48. The first-order valence-corrected chi connectivity index (χ1v) is 9.14. The van der Waals surface area contributed by atoms with Crippen molar-refractivity contribution in [3.05, 3.63) is 42.4 Å². The maximum Gasteiger partial charge on any atom is 0.194 e. The summed E-state index contributed by atoms with van der Waals surface area (Å²) in [7, 11) is 0. The summed E-state index contributed by atoms with van der Waals surface area (Å²) in [6.07, 6.45) is 6.78. The molecule has 0 aromatic carbocycles. The molecule has 2 atom stereocenters. The Morgan fingerprint density at radius 1 is 1.27 bits per heavy atom. The van der Waals surface area contributed by atoms with Crippen molar-refractivity contribution in [3.8, 4) is 5.82 Å². The molecule has 7 heteroatoms. The Kier molecular flexibility index (Phi) is 7.86. The number of aliphatic imine (C=N–C) groups is 1. The fourth-order valence-electron chi connectivity index (χ4n) is 3.52. The molecule has 1 saturated heterocycles. The van der Waals surface area contributed by atoms with Gasteiger partial charge in [0, 0.05) is 38.2 Å². The number of pyridine rings is 1. The van der Waals surface area contributed by atoms with Crippen LogP contribution in [0, 0.1) is 11.8 Å². The Bertz CT molecular complexity index is 690. The van der Waals surface area contributed by atoms with Crippen LogP contribution in [0.4, 0.5) is 0 Å². The molecule has 0 saturated carbocycles. The third-order valence-electron chi connectivity index (χ3n) is 4.46. The summed E-state index contributed by atoms with van der Waals surface area (Å²) in [6, 6.07) is 5.96. The molecule has 0 amide bonds. The number of likely N-dealkylation sites (tertiary alicyclic amines) is 1. The molecular formula is C19H29IN6. The lowest BCUT2D eigenvalue weighted by atomic mass is 9.92. The zero-order valence-corrected chi connectivity index (χ0v) is 18.1. The van der Waals surface area contributed by atoms with Gasteiger partial charge in [-0.3, -0.25) is 0 Å². The van der Waals surface area contributed by atoms with Gasteiger partial charge in [0.05, 0.1) is 6.54 Å². The molecule has 142 valence electrons. The van der Waals surface area contributed by atoms with Crippen LogP contribution in [0.15, 0.2) is 41.8 Å². The first-order valence-electron chi connectivity index (χ1n) is 9.14. The van der Waals surface area contributed by atoms with Gasteiger partial charge in [-0.15, -0.1) is 24.0 Å². The van der Waals surface area contributed by atoms with Crippen molar-refractivity contribution < 1.29 is 0 Å². The van der Waals surface area contributed by atoms with Gasteiger partial charge in [0.1, 0.15) is 0 Å². The van der Waals surface area contributed by atoms with Crippen LogP contribution in [0.2, 0.25) is 0 Å². The molecular weight excluding hydrogens is 439 g/mol. The van der Waals surface area contributed by atoms with Crippen LogP contribution < -0.4 is 5.32 Å². The summed E-state index contributed by atoms with van der Waals surface area (Å²) in [6.45, 7) is 10.4. The van der Waals surface area contributed by atoms with E-state index in [0.717, 1.165) is 37.0 Å². The lowest BCUT2D eigenvalue weighted by Gasteiger charge is -2.37. The standard InChI is InChI=1S/C19H28N6.HI/c1-4-20-19(24-13-15(2)10-16(3)14-24)22-12-17-6-8-21-18(11-17)25-9-5-7-23-25;/h5-9,11,15-16H,4,10,12-14H2,1-3H3,(H,20,22);1H. The second kappa shape index (κ2) is 9.89. The zero-order valence-electron chi connectivity index (χ0n) is 15.8. The first kappa shape index (κ1) is 20.7. The summed E-state index contributed by atoms with van der Waals surface area (Å²) < 4.78 is 1.77. The van der Waals surface area contributed by atoms with Gasteiger partial charge in [-0.05, 0) is 48.9 Å². The van der Waals surface area contributed by atoms with E-state index in [2.05, 4.69) is 41.1 Å². The van der Waals surface area contributed by atoms with Crippen LogP contribution in [0.1, 0.15) is 32.8 Å². The molecule has 26 heavy (non-hydrogen) atoms. The van der Waals surface area contributed by atoms with Crippen LogP contribution in [-0.2, 0) is 6.54 Å². The van der Waals surface area contributed by atoms with E-state index in [9.17, 15) is 0 Å². The van der Waals surface area contributed by atoms with Crippen LogP contribution in [0.5, 0.6) is 0 Å². The van der Waals surface area contributed by atoms with Crippen molar-refractivity contribution in [2.45, 2.75) is 33.7 Å². The number of aromatic nitrogens is 3. The van der Waals surface area contributed by atoms with Crippen molar-refractivity contribution in [1.82, 2.24) is 25.0 Å². The van der Waals surface area contributed by atoms with E-state index in [1.165, 1.54) is 6.42 Å². The van der Waals surface area contributed by atoms with Gasteiger partial charge in [-0.2, -0.15) is 5.10 Å². The van der Waals surface area contributed by atoms with Gasteiger partial charge in [0.2, 0.25) is 0 Å². The number of nitrogens with zero attached hydrogens (tertiary/aromatic N) is 5. The van der Waals surface area contributed by atoms with Gasteiger partial charge in [-0.1, -0.05) is 13.8 Å². The van der Waals surface area contributed by atoms with Gasteiger partial charge in [0.15, 0.2) is 11.8 Å². The first-order chi connectivity index (χ1) is 12.2. The predicted molar refractivity (Wildman–Crippen MR) is 116 cm³/mol. The summed E-state index contributed by atoms with van der Waals surface area (Å²) in [4.78, 5) is 11.7. The maximum absolute atomic E-state index is 4.87. The minimum absolute atomic E-state index is 0. The van der Waals surface area contributed by atoms with E-state index in [-0.39, 0.29) is 24.0 Å². The monoisotopic (exact) mass is 468 g/mol. The maximum atomic E-state index is 4.87. The Morgan fingerprint density at radius 2 is 2.04 bits per heavy atom. The van der Waals surface area contributed by atoms with E-state index in [1.54, 1.807) is 10.9 Å². The Hall–Kier alpha value is -1.64. The third kappa shape index (κ3) is 5.43. The molecule has 6 nitrogen and oxygen atoms in total. The number of piperidine rings is 1. The molecule has 2 aromatic heterocycles. The van der Waals surface area contributed by atoms with Gasteiger partial charge >= 0.3 is 0 Å². The number of hydrogen-bond donors (Lipinski definition) is 1. The number of rotatable bonds is 4. The molecule has 1 aliphatic heterocycles. The molecule has 1 N–H and O–H groups in total. The molecule has 3 heterocycles. The molecule has 2 aromatic rings. The number of guanidine groups is 1. The molecule has 1 fully saturated rings. The fraction of sp³-hybridized carbons (Fsp3) is 0.526. The van der Waals surface area contributed by atoms with Crippen LogP contribution in [0.25, 0.3) is 5.82 Å². The van der Waals surface area contributed by atoms with Crippen LogP contribution >= 0.6 is 24.0 Å². The van der Waals surface area contributed by atoms with E-state index in [0.29, 0.717) is 18.4 Å². The highest BCUT2D eigenvalue weighted by Crippen LogP contribution is 2.21. The molecule has 0 bridgehead atoms. The number of nitrogens with one attached hydrogen (secondary N) is 1. The second-order valence-electron chi connectivity index (χ2n) is 6.99. The normalized spacial score (nSPS) is 20.6. The number of hydrogen-bond acceptors (Lipinski definition) is 3. The summed E-state index contributed by atoms with van der Waals surface area (Å²) in [5, 5.41) is 7.69. The molecule has 3 rings (SSSR count). The zero-order chi connectivity index (χ0) is 17.6. The van der Waals surface area contributed by atoms with Crippen molar-refractivity contribution in [2.75, 3.05) is 19.6 Å². The predicted octanol–water partition coefficient (Wildman–Crippen LogP) is 3.33. The summed E-state index contributed by atoms with van der Waals surface area (Å²) >= 11 is 0. The third-order valence-corrected chi connectivity index (χ3v) is 4.46.